The van der Waals surface area contributed by atoms with Gasteiger partial charge in [-0.3, -0.25) is 9.59 Å². The molecule has 1 aliphatic heterocycles. The maximum Gasteiger partial charge on any atom is 0.335 e. The van der Waals surface area contributed by atoms with E-state index < -0.39 is 23.4 Å². The lowest BCUT2D eigenvalue weighted by atomic mass is 9.81. The molecule has 0 atom stereocenters. The van der Waals surface area contributed by atoms with Crippen molar-refractivity contribution >= 4 is 28.6 Å². The van der Waals surface area contributed by atoms with Crippen LogP contribution in [0.15, 0.2) is 103 Å². The molecular formula is C30H26N2O3. The van der Waals surface area contributed by atoms with E-state index in [2.05, 4.69) is 0 Å². The predicted molar refractivity (Wildman–Crippen MR) is 136 cm³/mol. The van der Waals surface area contributed by atoms with Gasteiger partial charge in [-0.2, -0.15) is 4.90 Å². The summed E-state index contributed by atoms with van der Waals surface area (Å²) < 4.78 is 0. The van der Waals surface area contributed by atoms with Crippen LogP contribution in [0.4, 0.5) is 4.79 Å². The van der Waals surface area contributed by atoms with Gasteiger partial charge in [-0.1, -0.05) is 111 Å². The summed E-state index contributed by atoms with van der Waals surface area (Å²) in [6, 6.07) is 30.7. The van der Waals surface area contributed by atoms with Gasteiger partial charge in [-0.05, 0) is 33.9 Å². The first-order chi connectivity index (χ1) is 17.0. The lowest BCUT2D eigenvalue weighted by Crippen LogP contribution is -2.49. The van der Waals surface area contributed by atoms with Gasteiger partial charge in [0.25, 0.3) is 11.8 Å². The minimum atomic E-state index is -1.44. The highest BCUT2D eigenvalue weighted by Crippen LogP contribution is 2.44. The average Bonchev–Trinajstić information content (AvgIpc) is 3.10. The van der Waals surface area contributed by atoms with E-state index in [-0.39, 0.29) is 5.92 Å². The number of imide groups is 3. The predicted octanol–water partition coefficient (Wildman–Crippen LogP) is 5.84. The number of carbonyl (C=O) groups is 3. The molecule has 0 aromatic heterocycles. The Hall–Kier alpha value is -4.25. The van der Waals surface area contributed by atoms with E-state index in [1.54, 1.807) is 17.0 Å². The van der Waals surface area contributed by atoms with E-state index in [9.17, 15) is 14.4 Å². The van der Waals surface area contributed by atoms with Gasteiger partial charge in [0.05, 0.1) is 0 Å². The minimum Gasteiger partial charge on any atom is -0.301 e. The zero-order valence-electron chi connectivity index (χ0n) is 19.7. The first-order valence-electron chi connectivity index (χ1n) is 11.8. The average molecular weight is 463 g/mol. The topological polar surface area (TPSA) is 57.7 Å². The molecule has 0 aliphatic carbocycles. The summed E-state index contributed by atoms with van der Waals surface area (Å²) in [5, 5.41) is 1.57. The fourth-order valence-corrected chi connectivity index (χ4v) is 5.00. The smallest absolute Gasteiger partial charge is 0.301 e. The number of amides is 4. The molecule has 0 N–H and O–H groups in total. The SMILES string of the molecule is CC(C)CN1C(=O)N(C(=O)c2cccc3ccccc23)C(=O)C1(c1ccccc1)c1ccccc1. The summed E-state index contributed by atoms with van der Waals surface area (Å²) in [6.07, 6.45) is 0. The first-order valence-corrected chi connectivity index (χ1v) is 11.8. The van der Waals surface area contributed by atoms with Crippen LogP contribution in [0, 0.1) is 5.92 Å². The van der Waals surface area contributed by atoms with Gasteiger partial charge in [-0.15, -0.1) is 0 Å². The Bertz CT molecular complexity index is 1370. The molecule has 5 nitrogen and oxygen atoms in total. The van der Waals surface area contributed by atoms with Crippen LogP contribution in [0.2, 0.25) is 0 Å². The molecule has 1 saturated heterocycles. The molecule has 0 spiro atoms. The maximum absolute atomic E-state index is 14.4. The molecule has 4 aromatic rings. The van der Waals surface area contributed by atoms with Gasteiger partial charge in [0, 0.05) is 12.1 Å². The van der Waals surface area contributed by atoms with Crippen molar-refractivity contribution in [2.75, 3.05) is 6.54 Å². The molecule has 0 bridgehead atoms. The standard InChI is InChI=1S/C30H26N2O3/c1-21(2)20-31-29(35)32(27(33)26-19-11-13-22-12-9-10-18-25(22)26)28(34)30(31,23-14-5-3-6-15-23)24-16-7-4-8-17-24/h3-19,21H,20H2,1-2H3. The highest BCUT2D eigenvalue weighted by molar-refractivity contribution is 6.25. The van der Waals surface area contributed by atoms with E-state index in [0.29, 0.717) is 28.6 Å². The zero-order valence-corrected chi connectivity index (χ0v) is 19.7. The Labute approximate surface area is 204 Å². The zero-order chi connectivity index (χ0) is 24.6. The summed E-state index contributed by atoms with van der Waals surface area (Å²) >= 11 is 0. The third-order valence-corrected chi connectivity index (χ3v) is 6.49. The van der Waals surface area contributed by atoms with Crippen LogP contribution in [0.5, 0.6) is 0 Å². The number of fused-ring (bicyclic) bond motifs is 1. The molecular weight excluding hydrogens is 436 g/mol. The van der Waals surface area contributed by atoms with Crippen molar-refractivity contribution < 1.29 is 14.4 Å². The van der Waals surface area contributed by atoms with Crippen LogP contribution < -0.4 is 0 Å². The monoisotopic (exact) mass is 462 g/mol. The molecule has 0 unspecified atom stereocenters. The summed E-state index contributed by atoms with van der Waals surface area (Å²) in [7, 11) is 0. The second-order valence-electron chi connectivity index (χ2n) is 9.20. The highest BCUT2D eigenvalue weighted by Gasteiger charge is 2.61. The fraction of sp³-hybridized carbons (Fsp3) is 0.167. The van der Waals surface area contributed by atoms with E-state index in [1.807, 2.05) is 105 Å². The Morgan fingerprint density at radius 1 is 0.743 bits per heavy atom. The third-order valence-electron chi connectivity index (χ3n) is 6.49. The van der Waals surface area contributed by atoms with Crippen LogP contribution in [0.1, 0.15) is 35.3 Å². The molecule has 1 heterocycles. The lowest BCUT2D eigenvalue weighted by molar-refractivity contribution is -0.130. The fourth-order valence-electron chi connectivity index (χ4n) is 5.00. The summed E-state index contributed by atoms with van der Waals surface area (Å²) in [4.78, 5) is 44.7. The van der Waals surface area contributed by atoms with E-state index in [0.717, 1.165) is 10.3 Å². The molecule has 0 radical (unpaired) electrons. The van der Waals surface area contributed by atoms with Gasteiger partial charge in [-0.25, -0.2) is 4.79 Å². The van der Waals surface area contributed by atoms with Crippen LogP contribution in [-0.2, 0) is 10.3 Å². The van der Waals surface area contributed by atoms with E-state index in [4.69, 9.17) is 0 Å². The summed E-state index contributed by atoms with van der Waals surface area (Å²) in [5.41, 5.74) is 0.187. The molecule has 1 fully saturated rings. The van der Waals surface area contributed by atoms with Crippen molar-refractivity contribution in [3.8, 4) is 0 Å². The van der Waals surface area contributed by atoms with Gasteiger partial charge >= 0.3 is 6.03 Å². The molecule has 0 saturated carbocycles. The second-order valence-corrected chi connectivity index (χ2v) is 9.20. The number of carbonyl (C=O) groups excluding carboxylic acids is 3. The minimum absolute atomic E-state index is 0.0751. The summed E-state index contributed by atoms with van der Waals surface area (Å²) in [6.45, 7) is 4.30. The maximum atomic E-state index is 14.4. The Kier molecular flexibility index (Phi) is 5.69. The molecule has 35 heavy (non-hydrogen) atoms. The van der Waals surface area contributed by atoms with Gasteiger partial charge < -0.3 is 4.90 Å². The Morgan fingerprint density at radius 3 is 1.89 bits per heavy atom. The number of hydrogen-bond acceptors (Lipinski definition) is 3. The normalized spacial score (nSPS) is 15.3. The van der Waals surface area contributed by atoms with Crippen molar-refractivity contribution in [2.24, 2.45) is 5.92 Å². The largest absolute Gasteiger partial charge is 0.335 e. The van der Waals surface area contributed by atoms with Crippen LogP contribution in [0.3, 0.4) is 0 Å². The van der Waals surface area contributed by atoms with Crippen molar-refractivity contribution in [3.05, 3.63) is 120 Å². The second kappa shape index (κ2) is 8.84. The van der Waals surface area contributed by atoms with Crippen molar-refractivity contribution in [3.63, 3.8) is 0 Å². The Balaban J connectivity index is 1.74. The molecule has 5 rings (SSSR count). The summed E-state index contributed by atoms with van der Waals surface area (Å²) in [5.74, 6) is -1.09. The number of rotatable bonds is 5. The molecule has 4 aromatic carbocycles. The number of urea groups is 1. The lowest BCUT2D eigenvalue weighted by Gasteiger charge is -2.37. The number of hydrogen-bond donors (Lipinski definition) is 0. The van der Waals surface area contributed by atoms with Gasteiger partial charge in [0.1, 0.15) is 0 Å². The first kappa shape index (κ1) is 22.5. The van der Waals surface area contributed by atoms with E-state index >= 15 is 0 Å². The molecule has 4 amide bonds. The van der Waals surface area contributed by atoms with Crippen molar-refractivity contribution in [1.29, 1.82) is 0 Å². The number of benzene rings is 4. The molecule has 5 heteroatoms. The number of nitrogens with zero attached hydrogens (tertiary/aromatic N) is 2. The van der Waals surface area contributed by atoms with Crippen LogP contribution >= 0.6 is 0 Å². The van der Waals surface area contributed by atoms with Gasteiger partial charge in [0.2, 0.25) is 0 Å². The third kappa shape index (κ3) is 3.51. The van der Waals surface area contributed by atoms with Crippen LogP contribution in [-0.4, -0.2) is 34.2 Å². The quantitative estimate of drug-likeness (QED) is 0.276. The highest BCUT2D eigenvalue weighted by atomic mass is 16.2. The van der Waals surface area contributed by atoms with E-state index in [1.165, 1.54) is 0 Å². The van der Waals surface area contributed by atoms with Crippen LogP contribution in [0.25, 0.3) is 10.8 Å². The molecule has 174 valence electrons. The Morgan fingerprint density at radius 2 is 1.29 bits per heavy atom. The van der Waals surface area contributed by atoms with Crippen molar-refractivity contribution in [2.45, 2.75) is 19.4 Å². The van der Waals surface area contributed by atoms with Gasteiger partial charge in [0.15, 0.2) is 5.54 Å². The molecule has 1 aliphatic rings. The van der Waals surface area contributed by atoms with Crippen molar-refractivity contribution in [1.82, 2.24) is 9.80 Å².